The molecule has 4 aromatic heterocycles. The zero-order valence-corrected chi connectivity index (χ0v) is 50.2. The second-order valence-electron chi connectivity index (χ2n) is 16.8. The molecule has 4 heterocycles. The van der Waals surface area contributed by atoms with E-state index in [4.69, 9.17) is 0 Å². The first-order valence-electron chi connectivity index (χ1n) is 22.6. The minimum atomic E-state index is 0. The van der Waals surface area contributed by atoms with E-state index in [9.17, 15) is 0 Å². The number of hydrogen-bond acceptors (Lipinski definition) is 8. The van der Waals surface area contributed by atoms with Crippen molar-refractivity contribution in [3.05, 3.63) is 174 Å². The van der Waals surface area contributed by atoms with Crippen LogP contribution in [0, 0.1) is 64.8 Å². The first-order valence-corrected chi connectivity index (χ1v) is 22.6. The fraction of sp³-hybridized carbons (Fsp3) is 0.296. The number of aryl methyl sites for hydroxylation is 5. The molecule has 0 saturated heterocycles. The van der Waals surface area contributed by atoms with Crippen LogP contribution in [-0.2, 0) is 94.0 Å². The van der Waals surface area contributed by atoms with E-state index in [-0.39, 0.29) is 80.4 Å². The maximum Gasteiger partial charge on any atom is 0.125 e. The number of para-hydroxylation sites is 1. The fourth-order valence-corrected chi connectivity index (χ4v) is 7.80. The van der Waals surface area contributed by atoms with Crippen molar-refractivity contribution in [1.82, 2.24) is 59.1 Å². The third-order valence-electron chi connectivity index (χ3n) is 11.3. The molecule has 10 rings (SSSR count). The van der Waals surface area contributed by atoms with Gasteiger partial charge in [0.05, 0.1) is 23.3 Å². The van der Waals surface area contributed by atoms with Crippen LogP contribution in [0.5, 0.6) is 0 Å². The fourth-order valence-electron chi connectivity index (χ4n) is 7.80. The third kappa shape index (κ3) is 15.6. The van der Waals surface area contributed by atoms with Crippen molar-refractivity contribution in [2.24, 2.45) is 13.0 Å². The molecule has 4 radical (unpaired) electrons. The average Bonchev–Trinajstić information content (AvgIpc) is 4.13. The van der Waals surface area contributed by atoms with E-state index in [0.717, 1.165) is 81.1 Å². The second-order valence-corrected chi connectivity index (χ2v) is 16.8. The molecule has 16 heteroatoms. The average molecular weight is 1640 g/mol. The SMILES string of the molecule is Cc1c[c-]c(-c2nnc(C)n2-c2ccccc2)cc1.Cc1nnc(-c2[c-]cccc2)n1C.Cc1nnc(-c2[c-]cccc2)n1C1CCCCC1.Cc1nnc(-c2[c-]cccc2)n1CC(C)C.[Ir].[Ir].[Ir].[Ir]. The second kappa shape index (κ2) is 29.6. The normalized spacial score (nSPS) is 11.7. The molecule has 0 bridgehead atoms. The van der Waals surface area contributed by atoms with E-state index in [1.54, 1.807) is 0 Å². The molecule has 0 unspecified atom stereocenters. The summed E-state index contributed by atoms with van der Waals surface area (Å²) in [6.45, 7) is 15.3. The van der Waals surface area contributed by atoms with Crippen LogP contribution in [0.2, 0.25) is 0 Å². The third-order valence-corrected chi connectivity index (χ3v) is 11.3. The van der Waals surface area contributed by atoms with E-state index in [1.165, 1.54) is 37.7 Å². The Labute approximate surface area is 467 Å². The summed E-state index contributed by atoms with van der Waals surface area (Å²) in [6.07, 6.45) is 6.50. The minimum absolute atomic E-state index is 0. The quantitative estimate of drug-likeness (QED) is 0.138. The summed E-state index contributed by atoms with van der Waals surface area (Å²) in [6, 6.07) is 53.2. The van der Waals surface area contributed by atoms with Crippen LogP contribution in [0.1, 0.15) is 80.9 Å². The molecule has 0 N–H and O–H groups in total. The predicted molar refractivity (Wildman–Crippen MR) is 260 cm³/mol. The summed E-state index contributed by atoms with van der Waals surface area (Å²) >= 11 is 0. The molecule has 0 aliphatic heterocycles. The molecule has 0 amide bonds. The number of hydrogen-bond donors (Lipinski definition) is 0. The van der Waals surface area contributed by atoms with Crippen molar-refractivity contribution in [2.45, 2.75) is 93.2 Å². The van der Waals surface area contributed by atoms with E-state index in [0.29, 0.717) is 12.0 Å². The zero-order chi connectivity index (χ0) is 46.4. The molecule has 1 aliphatic rings. The Bertz CT molecular complexity index is 2860. The van der Waals surface area contributed by atoms with Crippen LogP contribution in [0.3, 0.4) is 0 Å². The maximum atomic E-state index is 4.34. The van der Waals surface area contributed by atoms with Crippen LogP contribution in [0.4, 0.5) is 0 Å². The van der Waals surface area contributed by atoms with Crippen LogP contribution in [0.15, 0.2) is 121 Å². The van der Waals surface area contributed by atoms with Crippen LogP contribution in [0.25, 0.3) is 51.2 Å². The summed E-state index contributed by atoms with van der Waals surface area (Å²) in [5, 5.41) is 33.5. The van der Waals surface area contributed by atoms with Crippen LogP contribution < -0.4 is 0 Å². The van der Waals surface area contributed by atoms with Gasteiger partial charge in [-0.15, -0.1) is 163 Å². The Balaban J connectivity index is 0.000000244. The van der Waals surface area contributed by atoms with Crippen molar-refractivity contribution in [3.63, 3.8) is 0 Å². The summed E-state index contributed by atoms with van der Waals surface area (Å²) in [5.41, 5.74) is 6.23. The molecule has 12 nitrogen and oxygen atoms in total. The van der Waals surface area contributed by atoms with Gasteiger partial charge in [-0.1, -0.05) is 58.2 Å². The number of aromatic nitrogens is 12. The smallest absolute Gasteiger partial charge is 0.125 e. The van der Waals surface area contributed by atoms with E-state index >= 15 is 0 Å². The number of nitrogens with zero attached hydrogens (tertiary/aromatic N) is 12. The van der Waals surface area contributed by atoms with Crippen molar-refractivity contribution in [2.75, 3.05) is 0 Å². The molecule has 0 spiro atoms. The van der Waals surface area contributed by atoms with E-state index < -0.39 is 0 Å². The molecule has 0 atom stereocenters. The molecule has 1 fully saturated rings. The first-order chi connectivity index (χ1) is 32.1. The standard InChI is InChI=1S/C16H14N3.C15H18N3.C13H16N3.C10H10N3.4Ir/c1-12-8-10-14(11-9-12)16-18-17-13(2)19(16)15-6-4-3-5-7-15;1-12-16-17-15(13-8-4-2-5-9-13)18(12)14-10-6-3-7-11-14;1-10(2)9-16-11(3)14-15-13(16)12-7-5-4-6-8-12;1-8-11-12-10(13(8)2)9-6-4-3-5-7-9;;;;/h3-10H,1-2H3;2,4-5,8,14H,3,6-7,10-11H2,1H3;4-7,10H,9H2,1-3H3;3-6H,1-2H3;;;;/q4*-1;;;;. The van der Waals surface area contributed by atoms with Gasteiger partial charge < -0.3 is 18.3 Å². The largest absolute Gasteiger partial charge is 0.354 e. The predicted octanol–water partition coefficient (Wildman–Crippen LogP) is 11.2. The van der Waals surface area contributed by atoms with E-state index in [2.05, 4.69) is 100 Å². The molecule has 1 aliphatic carbocycles. The van der Waals surface area contributed by atoms with Gasteiger partial charge in [0.1, 0.15) is 23.3 Å². The van der Waals surface area contributed by atoms with E-state index in [1.807, 2.05) is 160 Å². The molecule has 1 saturated carbocycles. The zero-order valence-electron chi connectivity index (χ0n) is 40.6. The Kier molecular flexibility index (Phi) is 25.2. The Morgan fingerprint density at radius 2 is 0.971 bits per heavy atom. The van der Waals surface area contributed by atoms with Crippen molar-refractivity contribution < 1.29 is 80.4 Å². The van der Waals surface area contributed by atoms with Gasteiger partial charge in [0.15, 0.2) is 0 Å². The van der Waals surface area contributed by atoms with Crippen molar-refractivity contribution in [3.8, 4) is 51.2 Å². The molecule has 5 aromatic carbocycles. The Morgan fingerprint density at radius 1 is 0.486 bits per heavy atom. The van der Waals surface area contributed by atoms with Crippen LogP contribution in [-0.4, -0.2) is 59.1 Å². The summed E-state index contributed by atoms with van der Waals surface area (Å²) < 4.78 is 8.45. The number of rotatable bonds is 8. The number of benzene rings is 5. The van der Waals surface area contributed by atoms with Crippen molar-refractivity contribution >= 4 is 0 Å². The topological polar surface area (TPSA) is 123 Å². The first kappa shape index (κ1) is 59.6. The molecular weight excluding hydrogens is 1590 g/mol. The van der Waals surface area contributed by atoms with Crippen molar-refractivity contribution in [1.29, 1.82) is 0 Å². The molecule has 374 valence electrons. The summed E-state index contributed by atoms with van der Waals surface area (Å²) in [4.78, 5) is 0. The molecule has 70 heavy (non-hydrogen) atoms. The van der Waals surface area contributed by atoms with Gasteiger partial charge in [0.2, 0.25) is 0 Å². The van der Waals surface area contributed by atoms with Gasteiger partial charge in [0.25, 0.3) is 0 Å². The minimum Gasteiger partial charge on any atom is -0.354 e. The maximum absolute atomic E-state index is 4.34. The van der Waals surface area contributed by atoms with Crippen LogP contribution >= 0.6 is 0 Å². The summed E-state index contributed by atoms with van der Waals surface area (Å²) in [5.74, 6) is 7.91. The molecule has 9 aromatic rings. The molecular formula is C54H58Ir4N12-4. The van der Waals surface area contributed by atoms with Gasteiger partial charge in [-0.3, -0.25) is 0 Å². The monoisotopic (exact) mass is 1650 g/mol. The van der Waals surface area contributed by atoms with Gasteiger partial charge in [-0.05, 0) is 58.6 Å². The Morgan fingerprint density at radius 3 is 1.50 bits per heavy atom. The van der Waals surface area contributed by atoms with Gasteiger partial charge in [-0.25, -0.2) is 0 Å². The van der Waals surface area contributed by atoms with Gasteiger partial charge >= 0.3 is 0 Å². The Hall–Kier alpha value is -4.74. The van der Waals surface area contributed by atoms with Gasteiger partial charge in [-0.2, -0.15) is 20.4 Å². The van der Waals surface area contributed by atoms with Gasteiger partial charge in [0, 0.05) is 106 Å². The summed E-state index contributed by atoms with van der Waals surface area (Å²) in [7, 11) is 1.95.